The molecule has 0 N–H and O–H groups in total. The van der Waals surface area contributed by atoms with E-state index in [9.17, 15) is 8.42 Å². The molecule has 1 heterocycles. The quantitative estimate of drug-likeness (QED) is 0.743. The second-order valence-electron chi connectivity index (χ2n) is 4.55. The lowest BCUT2D eigenvalue weighted by Gasteiger charge is -2.08. The first kappa shape index (κ1) is 12.4. The van der Waals surface area contributed by atoms with Crippen molar-refractivity contribution in [2.45, 2.75) is 40.5 Å². The summed E-state index contributed by atoms with van der Waals surface area (Å²) in [6, 6.07) is 0. The fourth-order valence-electron chi connectivity index (χ4n) is 1.42. The van der Waals surface area contributed by atoms with Gasteiger partial charge in [0.2, 0.25) is 0 Å². The van der Waals surface area contributed by atoms with Crippen LogP contribution in [-0.4, -0.2) is 19.8 Å². The van der Waals surface area contributed by atoms with Crippen molar-refractivity contribution in [2.24, 2.45) is 20.6 Å². The van der Waals surface area contributed by atoms with Gasteiger partial charge in [0.25, 0.3) is 0 Å². The number of nitrogens with zero attached hydrogens (tertiary/aromatic N) is 2. The van der Waals surface area contributed by atoms with Gasteiger partial charge in [0.05, 0.1) is 11.4 Å². The molecule has 0 radical (unpaired) electrons. The van der Waals surface area contributed by atoms with E-state index in [4.69, 9.17) is 0 Å². The van der Waals surface area contributed by atoms with Gasteiger partial charge in [0.15, 0.2) is 0 Å². The molecule has 0 atom stereocenters. The Kier molecular flexibility index (Phi) is 3.65. The molecule has 86 valence electrons. The summed E-state index contributed by atoms with van der Waals surface area (Å²) < 4.78 is 29.8. The highest BCUT2D eigenvalue weighted by Crippen LogP contribution is 2.17. The van der Waals surface area contributed by atoms with Gasteiger partial charge >= 0.3 is 10.2 Å². The minimum atomic E-state index is -3.56. The Morgan fingerprint density at radius 2 is 1.73 bits per heavy atom. The van der Waals surface area contributed by atoms with Crippen molar-refractivity contribution in [3.63, 3.8) is 0 Å². The van der Waals surface area contributed by atoms with Gasteiger partial charge in [0, 0.05) is 0 Å². The van der Waals surface area contributed by atoms with E-state index in [0.717, 1.165) is 6.42 Å². The van der Waals surface area contributed by atoms with Gasteiger partial charge < -0.3 is 0 Å². The maximum Gasteiger partial charge on any atom is 0.363 e. The molecule has 0 aliphatic carbocycles. The van der Waals surface area contributed by atoms with Crippen LogP contribution in [0.1, 0.15) is 40.5 Å². The molecule has 0 aromatic rings. The van der Waals surface area contributed by atoms with Gasteiger partial charge in [0.1, 0.15) is 0 Å². The van der Waals surface area contributed by atoms with Gasteiger partial charge in [-0.3, -0.25) is 0 Å². The first-order valence-electron chi connectivity index (χ1n) is 5.26. The maximum atomic E-state index is 11.2. The van der Waals surface area contributed by atoms with E-state index in [-0.39, 0.29) is 5.92 Å². The average molecular weight is 230 g/mol. The van der Waals surface area contributed by atoms with E-state index in [2.05, 4.69) is 22.6 Å². The van der Waals surface area contributed by atoms with E-state index in [1.165, 1.54) is 0 Å². The van der Waals surface area contributed by atoms with Gasteiger partial charge in [-0.05, 0) is 24.7 Å². The zero-order valence-corrected chi connectivity index (χ0v) is 10.5. The van der Waals surface area contributed by atoms with Crippen molar-refractivity contribution >= 4 is 21.6 Å². The minimum absolute atomic E-state index is 0.119. The van der Waals surface area contributed by atoms with Crippen molar-refractivity contribution in [2.75, 3.05) is 0 Å². The molecular weight excluding hydrogens is 212 g/mol. The zero-order chi connectivity index (χ0) is 11.6. The molecule has 0 saturated heterocycles. The van der Waals surface area contributed by atoms with Crippen LogP contribution in [0.4, 0.5) is 0 Å². The Labute approximate surface area is 91.7 Å². The van der Waals surface area contributed by atoms with E-state index in [0.29, 0.717) is 23.8 Å². The SMILES string of the molecule is CC(C)CCC1=NS(=O)(=O)N=C1C(C)C. The molecule has 0 saturated carbocycles. The fourth-order valence-corrected chi connectivity index (χ4v) is 2.49. The molecule has 0 spiro atoms. The molecule has 1 rings (SSSR count). The summed E-state index contributed by atoms with van der Waals surface area (Å²) in [4.78, 5) is 0. The zero-order valence-electron chi connectivity index (χ0n) is 9.69. The van der Waals surface area contributed by atoms with E-state index < -0.39 is 10.2 Å². The Hall–Kier alpha value is -0.710. The van der Waals surface area contributed by atoms with Gasteiger partial charge in [-0.15, -0.1) is 8.80 Å². The molecule has 5 heteroatoms. The predicted octanol–water partition coefficient (Wildman–Crippen LogP) is 2.22. The lowest BCUT2D eigenvalue weighted by atomic mass is 9.97. The Morgan fingerprint density at radius 1 is 1.13 bits per heavy atom. The van der Waals surface area contributed by atoms with E-state index in [1.807, 2.05) is 13.8 Å². The normalized spacial score (nSPS) is 19.6. The lowest BCUT2D eigenvalue weighted by molar-refractivity contribution is 0.598. The van der Waals surface area contributed by atoms with Crippen LogP contribution >= 0.6 is 0 Å². The van der Waals surface area contributed by atoms with Gasteiger partial charge in [-0.25, -0.2) is 0 Å². The lowest BCUT2D eigenvalue weighted by Crippen LogP contribution is -2.17. The van der Waals surface area contributed by atoms with E-state index in [1.54, 1.807) is 0 Å². The summed E-state index contributed by atoms with van der Waals surface area (Å²) in [7, 11) is -3.56. The Balaban J connectivity index is 2.84. The minimum Gasteiger partial charge on any atom is -0.179 e. The topological polar surface area (TPSA) is 58.9 Å². The summed E-state index contributed by atoms with van der Waals surface area (Å²) in [5, 5.41) is 0. The van der Waals surface area contributed by atoms with Crippen LogP contribution in [0, 0.1) is 11.8 Å². The first-order chi connectivity index (χ1) is 6.82. The second kappa shape index (κ2) is 4.43. The summed E-state index contributed by atoms with van der Waals surface area (Å²) >= 11 is 0. The third-order valence-electron chi connectivity index (χ3n) is 2.24. The Morgan fingerprint density at radius 3 is 2.20 bits per heavy atom. The van der Waals surface area contributed by atoms with Crippen molar-refractivity contribution in [3.8, 4) is 0 Å². The standard InChI is InChI=1S/C10H18N2O2S/c1-7(2)5-6-9-10(8(3)4)12-15(13,14)11-9/h7-8H,5-6H2,1-4H3. The molecule has 4 nitrogen and oxygen atoms in total. The highest BCUT2D eigenvalue weighted by molar-refractivity contribution is 7.89. The monoisotopic (exact) mass is 230 g/mol. The molecule has 0 bridgehead atoms. The van der Waals surface area contributed by atoms with Crippen LogP contribution in [0.3, 0.4) is 0 Å². The maximum absolute atomic E-state index is 11.2. The Bertz CT molecular complexity index is 392. The van der Waals surface area contributed by atoms with Crippen LogP contribution in [-0.2, 0) is 10.2 Å². The molecule has 0 amide bonds. The van der Waals surface area contributed by atoms with Crippen LogP contribution in [0.15, 0.2) is 8.80 Å². The van der Waals surface area contributed by atoms with Crippen LogP contribution in [0.25, 0.3) is 0 Å². The van der Waals surface area contributed by atoms with Crippen molar-refractivity contribution in [1.29, 1.82) is 0 Å². The predicted molar refractivity (Wildman–Crippen MR) is 62.7 cm³/mol. The molecule has 1 aliphatic rings. The number of hydrogen-bond acceptors (Lipinski definition) is 2. The summed E-state index contributed by atoms with van der Waals surface area (Å²) in [5.41, 5.74) is 1.29. The highest BCUT2D eigenvalue weighted by atomic mass is 32.2. The largest absolute Gasteiger partial charge is 0.363 e. The third-order valence-corrected chi connectivity index (χ3v) is 3.12. The van der Waals surface area contributed by atoms with Crippen LogP contribution < -0.4 is 0 Å². The third kappa shape index (κ3) is 3.41. The molecular formula is C10H18N2O2S. The summed E-state index contributed by atoms with van der Waals surface area (Å²) in [6.07, 6.45) is 1.65. The summed E-state index contributed by atoms with van der Waals surface area (Å²) in [5.74, 6) is 0.664. The molecule has 0 aromatic carbocycles. The summed E-state index contributed by atoms with van der Waals surface area (Å²) in [6.45, 7) is 8.08. The van der Waals surface area contributed by atoms with Crippen molar-refractivity contribution < 1.29 is 8.42 Å². The molecule has 15 heavy (non-hydrogen) atoms. The van der Waals surface area contributed by atoms with Crippen molar-refractivity contribution in [3.05, 3.63) is 0 Å². The van der Waals surface area contributed by atoms with Crippen molar-refractivity contribution in [1.82, 2.24) is 0 Å². The van der Waals surface area contributed by atoms with Crippen LogP contribution in [0.5, 0.6) is 0 Å². The molecule has 0 fully saturated rings. The average Bonchev–Trinajstić information content (AvgIpc) is 2.38. The highest BCUT2D eigenvalue weighted by Gasteiger charge is 2.25. The first-order valence-corrected chi connectivity index (χ1v) is 6.65. The second-order valence-corrected chi connectivity index (χ2v) is 5.81. The fraction of sp³-hybridized carbons (Fsp3) is 0.800. The smallest absolute Gasteiger partial charge is 0.179 e. The number of rotatable bonds is 4. The number of hydrogen-bond donors (Lipinski definition) is 0. The van der Waals surface area contributed by atoms with Gasteiger partial charge in [-0.2, -0.15) is 8.42 Å². The van der Waals surface area contributed by atoms with E-state index >= 15 is 0 Å². The van der Waals surface area contributed by atoms with Gasteiger partial charge in [-0.1, -0.05) is 27.7 Å². The molecule has 0 unspecified atom stereocenters. The molecule has 0 aromatic heterocycles. The van der Waals surface area contributed by atoms with Crippen LogP contribution in [0.2, 0.25) is 0 Å². The molecule has 1 aliphatic heterocycles.